The quantitative estimate of drug-likeness (QED) is 0.402. The summed E-state index contributed by atoms with van der Waals surface area (Å²) in [6, 6.07) is 19.6. The molecule has 4 rings (SSSR count). The summed E-state index contributed by atoms with van der Waals surface area (Å²) in [5.41, 5.74) is 1.87. The first-order valence-corrected chi connectivity index (χ1v) is 11.5. The Morgan fingerprint density at radius 1 is 0.938 bits per heavy atom. The van der Waals surface area contributed by atoms with Crippen LogP contribution in [0.4, 0.5) is 4.79 Å². The van der Waals surface area contributed by atoms with Crippen LogP contribution in [0.25, 0.3) is 16.8 Å². The Hall–Kier alpha value is -3.25. The van der Waals surface area contributed by atoms with E-state index in [1.54, 1.807) is 6.08 Å². The average molecular weight is 448 g/mol. The number of carbonyl (C=O) groups excluding carboxylic acids is 2. The molecule has 0 spiro atoms. The number of hydrogen-bond donors (Lipinski definition) is 0. The highest BCUT2D eigenvalue weighted by Gasteiger charge is 2.35. The minimum atomic E-state index is -0.267. The van der Waals surface area contributed by atoms with Crippen LogP contribution in [0.5, 0.6) is 11.5 Å². The lowest BCUT2D eigenvalue weighted by Gasteiger charge is -2.13. The van der Waals surface area contributed by atoms with Gasteiger partial charge in [-0.15, -0.1) is 0 Å². The van der Waals surface area contributed by atoms with E-state index in [9.17, 15) is 9.59 Å². The Balaban J connectivity index is 1.68. The molecule has 0 unspecified atom stereocenters. The number of hydrogen-bond acceptors (Lipinski definition) is 5. The van der Waals surface area contributed by atoms with E-state index < -0.39 is 0 Å². The minimum Gasteiger partial charge on any atom is -0.494 e. The van der Waals surface area contributed by atoms with E-state index in [0.29, 0.717) is 36.8 Å². The summed E-state index contributed by atoms with van der Waals surface area (Å²) in [7, 11) is 0. The maximum atomic E-state index is 13.1. The van der Waals surface area contributed by atoms with Crippen LogP contribution in [-0.2, 0) is 11.2 Å². The number of carbonyl (C=O) groups is 2. The van der Waals surface area contributed by atoms with E-state index in [4.69, 9.17) is 9.47 Å². The molecule has 1 fully saturated rings. The molecule has 3 aromatic rings. The molecule has 0 radical (unpaired) electrons. The van der Waals surface area contributed by atoms with Crippen LogP contribution >= 0.6 is 11.8 Å². The Bertz CT molecular complexity index is 1170. The monoisotopic (exact) mass is 447 g/mol. The van der Waals surface area contributed by atoms with Gasteiger partial charge in [-0.2, -0.15) is 0 Å². The molecule has 0 atom stereocenters. The molecule has 6 heteroatoms. The number of thioether (sulfide) groups is 1. The van der Waals surface area contributed by atoms with Gasteiger partial charge in [0.15, 0.2) is 0 Å². The van der Waals surface area contributed by atoms with Crippen molar-refractivity contribution < 1.29 is 19.1 Å². The third-order valence-electron chi connectivity index (χ3n) is 5.22. The lowest BCUT2D eigenvalue weighted by molar-refractivity contribution is -0.122. The molecule has 5 nitrogen and oxygen atoms in total. The van der Waals surface area contributed by atoms with E-state index in [1.807, 2.05) is 74.5 Å². The first-order chi connectivity index (χ1) is 15.6. The molecule has 0 N–H and O–H groups in total. The number of ether oxygens (including phenoxy) is 2. The topological polar surface area (TPSA) is 55.8 Å². The van der Waals surface area contributed by atoms with Crippen molar-refractivity contribution in [3.05, 3.63) is 76.7 Å². The summed E-state index contributed by atoms with van der Waals surface area (Å²) in [4.78, 5) is 27.4. The van der Waals surface area contributed by atoms with Crippen LogP contribution in [0.15, 0.2) is 65.6 Å². The fourth-order valence-corrected chi connectivity index (χ4v) is 4.54. The van der Waals surface area contributed by atoms with Crippen LogP contribution in [0.2, 0.25) is 0 Å². The van der Waals surface area contributed by atoms with Crippen LogP contribution in [0.3, 0.4) is 0 Å². The molecule has 3 aromatic carbocycles. The summed E-state index contributed by atoms with van der Waals surface area (Å²) < 4.78 is 11.5. The van der Waals surface area contributed by atoms with Gasteiger partial charge in [0.1, 0.15) is 11.5 Å². The number of nitrogens with zero attached hydrogens (tertiary/aromatic N) is 1. The predicted octanol–water partition coefficient (Wildman–Crippen LogP) is 5.92. The van der Waals surface area contributed by atoms with Crippen molar-refractivity contribution in [2.24, 2.45) is 0 Å². The highest BCUT2D eigenvalue weighted by Crippen LogP contribution is 2.38. The minimum absolute atomic E-state index is 0.245. The second-order valence-electron chi connectivity index (χ2n) is 7.30. The van der Waals surface area contributed by atoms with Crippen LogP contribution in [-0.4, -0.2) is 35.8 Å². The van der Waals surface area contributed by atoms with E-state index in [2.05, 4.69) is 0 Å². The third-order valence-corrected chi connectivity index (χ3v) is 6.13. The zero-order valence-electron chi connectivity index (χ0n) is 18.2. The molecule has 1 heterocycles. The summed E-state index contributed by atoms with van der Waals surface area (Å²) in [6.45, 7) is 5.27. The SMILES string of the molecule is CCOc1ccc2ccc(OCC)c(/C=C3\SC(=O)N(CCc4ccccc4)C3=O)c2c1. The van der Waals surface area contributed by atoms with Gasteiger partial charge in [0.25, 0.3) is 11.1 Å². The second-order valence-corrected chi connectivity index (χ2v) is 8.29. The fourth-order valence-electron chi connectivity index (χ4n) is 3.70. The van der Waals surface area contributed by atoms with E-state index >= 15 is 0 Å². The summed E-state index contributed by atoms with van der Waals surface area (Å²) in [5, 5.41) is 1.68. The first kappa shape index (κ1) is 22.0. The molecule has 0 saturated carbocycles. The maximum Gasteiger partial charge on any atom is 0.293 e. The molecular weight excluding hydrogens is 422 g/mol. The van der Waals surface area contributed by atoms with Gasteiger partial charge in [-0.1, -0.05) is 42.5 Å². The summed E-state index contributed by atoms with van der Waals surface area (Å²) in [5.74, 6) is 1.15. The van der Waals surface area contributed by atoms with E-state index in [0.717, 1.165) is 39.4 Å². The molecule has 0 bridgehead atoms. The van der Waals surface area contributed by atoms with E-state index in [1.165, 1.54) is 4.90 Å². The van der Waals surface area contributed by atoms with Gasteiger partial charge in [-0.05, 0) is 72.6 Å². The number of benzene rings is 3. The van der Waals surface area contributed by atoms with Crippen molar-refractivity contribution in [1.29, 1.82) is 0 Å². The van der Waals surface area contributed by atoms with Gasteiger partial charge in [-0.3, -0.25) is 14.5 Å². The van der Waals surface area contributed by atoms with Crippen molar-refractivity contribution in [2.75, 3.05) is 19.8 Å². The Morgan fingerprint density at radius 2 is 1.69 bits per heavy atom. The molecular formula is C26H25NO4S. The number of imide groups is 1. The Kier molecular flexibility index (Phi) is 6.81. The van der Waals surface area contributed by atoms with Crippen molar-refractivity contribution >= 4 is 39.8 Å². The molecule has 1 aliphatic heterocycles. The van der Waals surface area contributed by atoms with Crippen molar-refractivity contribution in [1.82, 2.24) is 4.90 Å². The van der Waals surface area contributed by atoms with Gasteiger partial charge in [0.2, 0.25) is 0 Å². The van der Waals surface area contributed by atoms with Crippen molar-refractivity contribution in [2.45, 2.75) is 20.3 Å². The highest BCUT2D eigenvalue weighted by atomic mass is 32.2. The molecule has 1 aliphatic rings. The van der Waals surface area contributed by atoms with Gasteiger partial charge >= 0.3 is 0 Å². The Morgan fingerprint density at radius 3 is 2.44 bits per heavy atom. The molecule has 32 heavy (non-hydrogen) atoms. The average Bonchev–Trinajstić information content (AvgIpc) is 3.07. The van der Waals surface area contributed by atoms with Crippen molar-refractivity contribution in [3.8, 4) is 11.5 Å². The summed E-state index contributed by atoms with van der Waals surface area (Å²) in [6.07, 6.45) is 2.40. The predicted molar refractivity (Wildman–Crippen MR) is 129 cm³/mol. The smallest absolute Gasteiger partial charge is 0.293 e. The van der Waals surface area contributed by atoms with Gasteiger partial charge in [0, 0.05) is 12.1 Å². The van der Waals surface area contributed by atoms with Crippen LogP contribution < -0.4 is 9.47 Å². The van der Waals surface area contributed by atoms with Crippen LogP contribution in [0, 0.1) is 0 Å². The van der Waals surface area contributed by atoms with Gasteiger partial charge in [0.05, 0.1) is 18.1 Å². The molecule has 2 amide bonds. The van der Waals surface area contributed by atoms with Crippen LogP contribution in [0.1, 0.15) is 25.0 Å². The normalized spacial score (nSPS) is 15.1. The standard InChI is InChI=1S/C26H25NO4S/c1-3-30-20-12-10-19-11-13-23(31-4-2)22(21(19)16-20)17-24-25(28)27(26(29)32-24)15-14-18-8-6-5-7-9-18/h5-13,16-17H,3-4,14-15H2,1-2H3/b24-17-. The maximum absolute atomic E-state index is 13.1. The number of rotatable bonds is 8. The largest absolute Gasteiger partial charge is 0.494 e. The fraction of sp³-hybridized carbons (Fsp3) is 0.231. The summed E-state index contributed by atoms with van der Waals surface area (Å²) >= 11 is 0.973. The Labute approximate surface area is 192 Å². The molecule has 1 saturated heterocycles. The third kappa shape index (κ3) is 4.65. The molecule has 0 aliphatic carbocycles. The zero-order valence-corrected chi connectivity index (χ0v) is 19.0. The first-order valence-electron chi connectivity index (χ1n) is 10.7. The second kappa shape index (κ2) is 9.92. The molecule has 0 aromatic heterocycles. The molecule has 164 valence electrons. The lowest BCUT2D eigenvalue weighted by Crippen LogP contribution is -2.30. The zero-order chi connectivity index (χ0) is 22.5. The highest BCUT2D eigenvalue weighted by molar-refractivity contribution is 8.18. The number of fused-ring (bicyclic) bond motifs is 1. The van der Waals surface area contributed by atoms with Gasteiger partial charge < -0.3 is 9.47 Å². The van der Waals surface area contributed by atoms with Gasteiger partial charge in [-0.25, -0.2) is 0 Å². The van der Waals surface area contributed by atoms with Crippen molar-refractivity contribution in [3.63, 3.8) is 0 Å². The lowest BCUT2D eigenvalue weighted by atomic mass is 10.0. The van der Waals surface area contributed by atoms with E-state index in [-0.39, 0.29) is 11.1 Å². The number of amides is 2.